The second-order valence-corrected chi connectivity index (χ2v) is 11.3. The Balaban J connectivity index is 1.48. The highest BCUT2D eigenvalue weighted by molar-refractivity contribution is 7.89. The lowest BCUT2D eigenvalue weighted by molar-refractivity contribution is -0.128. The summed E-state index contributed by atoms with van der Waals surface area (Å²) in [7, 11) is -3.45. The third-order valence-corrected chi connectivity index (χ3v) is 9.92. The van der Waals surface area contributed by atoms with Gasteiger partial charge in [0.15, 0.2) is 0 Å². The molecule has 0 radical (unpaired) electrons. The van der Waals surface area contributed by atoms with Gasteiger partial charge in [0.25, 0.3) is 0 Å². The molecule has 2 bridgehead atoms. The van der Waals surface area contributed by atoms with E-state index in [4.69, 9.17) is 0 Å². The van der Waals surface area contributed by atoms with E-state index in [1.807, 2.05) is 6.07 Å². The zero-order valence-electron chi connectivity index (χ0n) is 17.3. The van der Waals surface area contributed by atoms with Gasteiger partial charge >= 0.3 is 0 Å². The number of fused-ring (bicyclic) bond motifs is 2. The molecule has 5 nitrogen and oxygen atoms in total. The van der Waals surface area contributed by atoms with Gasteiger partial charge in [0, 0.05) is 43.7 Å². The number of carbonyl (C=O) groups excluding carboxylic acids is 1. The Morgan fingerprint density at radius 2 is 1.79 bits per heavy atom. The highest BCUT2D eigenvalue weighted by Gasteiger charge is 2.65. The van der Waals surface area contributed by atoms with Gasteiger partial charge in [-0.05, 0) is 42.2 Å². The molecule has 28 heavy (non-hydrogen) atoms. The lowest BCUT2D eigenvalue weighted by atomic mass is 9.70. The largest absolute Gasteiger partial charge is 0.369 e. The zero-order chi connectivity index (χ0) is 20.2. The van der Waals surface area contributed by atoms with Crippen LogP contribution in [-0.4, -0.2) is 50.4 Å². The molecular formula is C22H32N2O3S. The summed E-state index contributed by atoms with van der Waals surface area (Å²) >= 11 is 0. The molecule has 0 N–H and O–H groups in total. The molecular weight excluding hydrogens is 372 g/mol. The normalized spacial score (nSPS) is 30.2. The summed E-state index contributed by atoms with van der Waals surface area (Å²) in [5.41, 5.74) is 1.63. The molecule has 3 aliphatic rings. The van der Waals surface area contributed by atoms with Gasteiger partial charge in [0.05, 0.1) is 5.75 Å². The van der Waals surface area contributed by atoms with Crippen LogP contribution in [0.5, 0.6) is 0 Å². The van der Waals surface area contributed by atoms with Gasteiger partial charge in [0.2, 0.25) is 10.0 Å². The van der Waals surface area contributed by atoms with Crippen molar-refractivity contribution in [2.75, 3.05) is 36.8 Å². The summed E-state index contributed by atoms with van der Waals surface area (Å²) in [6.45, 7) is 8.74. The number of benzene rings is 1. The minimum Gasteiger partial charge on any atom is -0.369 e. The lowest BCUT2D eigenvalue weighted by Gasteiger charge is -2.40. The van der Waals surface area contributed by atoms with Crippen LogP contribution >= 0.6 is 0 Å². The summed E-state index contributed by atoms with van der Waals surface area (Å²) in [6.07, 6.45) is 3.24. The maximum atomic E-state index is 13.3. The number of ketones is 1. The molecule has 0 spiro atoms. The van der Waals surface area contributed by atoms with Crippen LogP contribution in [0.15, 0.2) is 24.3 Å². The monoisotopic (exact) mass is 404 g/mol. The molecule has 6 heteroatoms. The molecule has 2 saturated carbocycles. The number of Topliss-reactive ketones (excluding diaryl/α,β-unsaturated/α-hetero) is 1. The van der Waals surface area contributed by atoms with E-state index < -0.39 is 15.4 Å². The van der Waals surface area contributed by atoms with Gasteiger partial charge in [-0.15, -0.1) is 0 Å². The zero-order valence-corrected chi connectivity index (χ0v) is 18.1. The standard InChI is InChI=1S/C22H32N2O3S/c1-4-17-7-5-6-8-19(17)23-11-13-24(14-12-23)28(26,27)16-22-10-9-18(15-20(22)25)21(22,2)3/h5-8,18H,4,9-16H2,1-3H3/t18-,22+/m0/s1. The fourth-order valence-electron chi connectivity index (χ4n) is 5.84. The minimum absolute atomic E-state index is 0.00607. The highest BCUT2D eigenvalue weighted by Crippen LogP contribution is 2.64. The van der Waals surface area contributed by atoms with Crippen molar-refractivity contribution in [2.24, 2.45) is 16.7 Å². The Morgan fingerprint density at radius 1 is 1.11 bits per heavy atom. The first-order valence-electron chi connectivity index (χ1n) is 10.6. The van der Waals surface area contributed by atoms with E-state index in [9.17, 15) is 13.2 Å². The predicted molar refractivity (Wildman–Crippen MR) is 112 cm³/mol. The number of anilines is 1. The molecule has 154 valence electrons. The van der Waals surface area contributed by atoms with Gasteiger partial charge in [-0.2, -0.15) is 4.31 Å². The van der Waals surface area contributed by atoms with Gasteiger partial charge < -0.3 is 4.90 Å². The number of aryl methyl sites for hydroxylation is 1. The molecule has 1 aliphatic heterocycles. The van der Waals surface area contributed by atoms with E-state index in [0.29, 0.717) is 38.5 Å². The quantitative estimate of drug-likeness (QED) is 0.757. The van der Waals surface area contributed by atoms with E-state index >= 15 is 0 Å². The number of hydrogen-bond donors (Lipinski definition) is 0. The Labute approximate surface area is 169 Å². The molecule has 0 amide bonds. The number of rotatable bonds is 5. The summed E-state index contributed by atoms with van der Waals surface area (Å²) < 4.78 is 28.2. The van der Waals surface area contributed by atoms with Crippen molar-refractivity contribution >= 4 is 21.5 Å². The molecule has 4 rings (SSSR count). The summed E-state index contributed by atoms with van der Waals surface area (Å²) in [6, 6.07) is 8.36. The van der Waals surface area contributed by atoms with Crippen LogP contribution in [0.4, 0.5) is 5.69 Å². The maximum absolute atomic E-state index is 13.3. The molecule has 2 atom stereocenters. The molecule has 0 aromatic heterocycles. The second kappa shape index (κ2) is 6.84. The van der Waals surface area contributed by atoms with E-state index in [1.54, 1.807) is 4.31 Å². The van der Waals surface area contributed by atoms with Crippen molar-refractivity contribution in [3.8, 4) is 0 Å². The number of nitrogens with zero attached hydrogens (tertiary/aromatic N) is 2. The Hall–Kier alpha value is -1.40. The Bertz CT molecular complexity index is 872. The van der Waals surface area contributed by atoms with E-state index in [-0.39, 0.29) is 17.0 Å². The maximum Gasteiger partial charge on any atom is 0.215 e. The first-order chi connectivity index (χ1) is 13.2. The molecule has 1 heterocycles. The Morgan fingerprint density at radius 3 is 2.36 bits per heavy atom. The van der Waals surface area contributed by atoms with Gasteiger partial charge in [-0.3, -0.25) is 4.79 Å². The molecule has 1 saturated heterocycles. The van der Waals surface area contributed by atoms with Crippen LogP contribution in [-0.2, 0) is 21.2 Å². The van der Waals surface area contributed by atoms with Crippen LogP contribution in [0.2, 0.25) is 0 Å². The molecule has 3 fully saturated rings. The minimum atomic E-state index is -3.45. The number of piperazine rings is 1. The van der Waals surface area contributed by atoms with Crippen molar-refractivity contribution in [1.82, 2.24) is 4.31 Å². The number of hydrogen-bond acceptors (Lipinski definition) is 4. The van der Waals surface area contributed by atoms with Crippen molar-refractivity contribution in [1.29, 1.82) is 0 Å². The Kier molecular flexibility index (Phi) is 4.86. The highest BCUT2D eigenvalue weighted by atomic mass is 32.2. The average Bonchev–Trinajstić information content (AvgIpc) is 3.02. The smallest absolute Gasteiger partial charge is 0.215 e. The van der Waals surface area contributed by atoms with E-state index in [2.05, 4.69) is 43.9 Å². The third kappa shape index (κ3) is 2.91. The second-order valence-electron chi connectivity index (χ2n) is 9.29. The van der Waals surface area contributed by atoms with Crippen LogP contribution < -0.4 is 4.90 Å². The number of para-hydroxylation sites is 1. The lowest BCUT2D eigenvalue weighted by Crippen LogP contribution is -2.53. The predicted octanol–water partition coefficient (Wildman–Crippen LogP) is 3.10. The van der Waals surface area contributed by atoms with E-state index in [0.717, 1.165) is 19.3 Å². The molecule has 1 aromatic rings. The number of carbonyl (C=O) groups is 1. The van der Waals surface area contributed by atoms with Crippen LogP contribution in [0.3, 0.4) is 0 Å². The van der Waals surface area contributed by atoms with Crippen LogP contribution in [0.25, 0.3) is 0 Å². The van der Waals surface area contributed by atoms with Crippen molar-refractivity contribution in [3.05, 3.63) is 29.8 Å². The van der Waals surface area contributed by atoms with Gasteiger partial charge in [-0.1, -0.05) is 39.0 Å². The number of sulfonamides is 1. The fourth-order valence-corrected chi connectivity index (χ4v) is 8.04. The van der Waals surface area contributed by atoms with Crippen LogP contribution in [0, 0.1) is 16.7 Å². The average molecular weight is 405 g/mol. The first kappa shape index (κ1) is 19.9. The SMILES string of the molecule is CCc1ccccc1N1CCN(S(=O)(=O)C[C@]23CC[C@@H](CC2=O)C3(C)C)CC1. The van der Waals surface area contributed by atoms with Crippen LogP contribution in [0.1, 0.15) is 45.6 Å². The van der Waals surface area contributed by atoms with Gasteiger partial charge in [0.1, 0.15) is 5.78 Å². The van der Waals surface area contributed by atoms with Crippen molar-refractivity contribution in [3.63, 3.8) is 0 Å². The third-order valence-electron chi connectivity index (χ3n) is 7.91. The summed E-state index contributed by atoms with van der Waals surface area (Å²) in [4.78, 5) is 15.0. The van der Waals surface area contributed by atoms with Gasteiger partial charge in [-0.25, -0.2) is 8.42 Å². The summed E-state index contributed by atoms with van der Waals surface area (Å²) in [5.74, 6) is 0.513. The van der Waals surface area contributed by atoms with Crippen molar-refractivity contribution in [2.45, 2.75) is 46.5 Å². The molecule has 0 unspecified atom stereocenters. The van der Waals surface area contributed by atoms with E-state index in [1.165, 1.54) is 11.3 Å². The molecule has 2 aliphatic carbocycles. The topological polar surface area (TPSA) is 57.7 Å². The fraction of sp³-hybridized carbons (Fsp3) is 0.682. The van der Waals surface area contributed by atoms with Crippen molar-refractivity contribution < 1.29 is 13.2 Å². The molecule has 1 aromatic carbocycles. The first-order valence-corrected chi connectivity index (χ1v) is 12.2. The summed E-state index contributed by atoms with van der Waals surface area (Å²) in [5, 5.41) is 0.